The van der Waals surface area contributed by atoms with Crippen LogP contribution >= 0.6 is 0 Å². The zero-order valence-electron chi connectivity index (χ0n) is 16.0. The van der Waals surface area contributed by atoms with Crippen LogP contribution in [0.5, 0.6) is 0 Å². The second-order valence-corrected chi connectivity index (χ2v) is 8.71. The van der Waals surface area contributed by atoms with Crippen molar-refractivity contribution in [1.29, 1.82) is 0 Å². The predicted molar refractivity (Wildman–Crippen MR) is 97.3 cm³/mol. The van der Waals surface area contributed by atoms with Crippen molar-refractivity contribution >= 4 is 0 Å². The van der Waals surface area contributed by atoms with E-state index in [1.807, 2.05) is 0 Å². The van der Waals surface area contributed by atoms with Gasteiger partial charge in [0, 0.05) is 6.54 Å². The van der Waals surface area contributed by atoms with Crippen LogP contribution in [0.1, 0.15) is 72.1 Å². The topological polar surface area (TPSA) is 6.48 Å². The molecule has 0 aromatic heterocycles. The van der Waals surface area contributed by atoms with Gasteiger partial charge in [-0.25, -0.2) is 0 Å². The Bertz CT molecular complexity index is 329. The molecular formula is C20H40N2. The van der Waals surface area contributed by atoms with Crippen molar-refractivity contribution in [3.05, 3.63) is 0 Å². The molecular weight excluding hydrogens is 268 g/mol. The average molecular weight is 309 g/mol. The third-order valence-electron chi connectivity index (χ3n) is 7.27. The molecule has 0 bridgehead atoms. The molecule has 0 aromatic rings. The largest absolute Gasteiger partial charge is 0.309 e. The van der Waals surface area contributed by atoms with Crippen LogP contribution in [0.2, 0.25) is 0 Å². The van der Waals surface area contributed by atoms with Crippen LogP contribution < -0.4 is 0 Å². The molecule has 1 unspecified atom stereocenters. The van der Waals surface area contributed by atoms with Crippen LogP contribution in [0.4, 0.5) is 0 Å². The smallest absolute Gasteiger partial charge is 0.00385 e. The van der Waals surface area contributed by atoms with E-state index in [1.165, 1.54) is 77.5 Å². The number of nitrogens with zero attached hydrogens (tertiary/aromatic N) is 2. The van der Waals surface area contributed by atoms with Crippen LogP contribution in [0.25, 0.3) is 0 Å². The third-order valence-corrected chi connectivity index (χ3v) is 7.27. The van der Waals surface area contributed by atoms with Gasteiger partial charge in [-0.05, 0) is 89.0 Å². The summed E-state index contributed by atoms with van der Waals surface area (Å²) in [6.45, 7) is 12.6. The molecule has 22 heavy (non-hydrogen) atoms. The van der Waals surface area contributed by atoms with Gasteiger partial charge in [0.1, 0.15) is 0 Å². The van der Waals surface area contributed by atoms with Crippen molar-refractivity contribution in [3.8, 4) is 0 Å². The lowest BCUT2D eigenvalue weighted by molar-refractivity contribution is 0.0321. The molecule has 0 amide bonds. The van der Waals surface area contributed by atoms with E-state index in [-0.39, 0.29) is 0 Å². The van der Waals surface area contributed by atoms with Gasteiger partial charge in [0.2, 0.25) is 0 Å². The Kier molecular flexibility index (Phi) is 6.36. The zero-order chi connectivity index (χ0) is 16.2. The average Bonchev–Trinajstić information content (AvgIpc) is 2.90. The molecule has 1 aliphatic heterocycles. The molecule has 1 saturated carbocycles. The van der Waals surface area contributed by atoms with Gasteiger partial charge < -0.3 is 9.80 Å². The first-order chi connectivity index (χ1) is 10.5. The molecule has 2 nitrogen and oxygen atoms in total. The number of rotatable bonds is 7. The van der Waals surface area contributed by atoms with Crippen molar-refractivity contribution in [1.82, 2.24) is 9.80 Å². The van der Waals surface area contributed by atoms with Gasteiger partial charge >= 0.3 is 0 Å². The van der Waals surface area contributed by atoms with E-state index < -0.39 is 0 Å². The minimum atomic E-state index is 0.665. The maximum Gasteiger partial charge on any atom is 0.00385 e. The maximum atomic E-state index is 2.76. The number of hydrogen-bond donors (Lipinski definition) is 0. The normalized spacial score (nSPS) is 34.6. The first-order valence-corrected chi connectivity index (χ1v) is 9.82. The van der Waals surface area contributed by atoms with E-state index in [0.717, 1.165) is 5.92 Å². The highest BCUT2D eigenvalue weighted by Crippen LogP contribution is 2.54. The Morgan fingerprint density at radius 2 is 1.73 bits per heavy atom. The van der Waals surface area contributed by atoms with E-state index >= 15 is 0 Å². The molecule has 2 heteroatoms. The number of hydrogen-bond acceptors (Lipinski definition) is 2. The maximum absolute atomic E-state index is 2.76. The molecule has 1 saturated heterocycles. The van der Waals surface area contributed by atoms with Crippen LogP contribution in [0.3, 0.4) is 0 Å². The van der Waals surface area contributed by atoms with E-state index in [4.69, 9.17) is 0 Å². The molecule has 2 rings (SSSR count). The highest BCUT2D eigenvalue weighted by atomic mass is 15.2. The Morgan fingerprint density at radius 3 is 2.27 bits per heavy atom. The highest BCUT2D eigenvalue weighted by molar-refractivity contribution is 4.98. The van der Waals surface area contributed by atoms with E-state index in [1.54, 1.807) is 0 Å². The third kappa shape index (κ3) is 4.06. The van der Waals surface area contributed by atoms with Gasteiger partial charge in [-0.15, -0.1) is 0 Å². The van der Waals surface area contributed by atoms with Crippen LogP contribution in [-0.2, 0) is 0 Å². The van der Waals surface area contributed by atoms with Gasteiger partial charge in [-0.2, -0.15) is 0 Å². The SMILES string of the molecule is CCC(C)C1(CC)CCC2(CCN(CCCN(C)C)C2)CC1. The van der Waals surface area contributed by atoms with E-state index in [9.17, 15) is 0 Å². The lowest BCUT2D eigenvalue weighted by Crippen LogP contribution is -2.39. The Balaban J connectivity index is 1.83. The summed E-state index contributed by atoms with van der Waals surface area (Å²) in [6.07, 6.45) is 11.5. The molecule has 2 fully saturated rings. The van der Waals surface area contributed by atoms with Crippen molar-refractivity contribution in [2.24, 2.45) is 16.7 Å². The summed E-state index contributed by atoms with van der Waals surface area (Å²) in [5.41, 5.74) is 1.35. The fraction of sp³-hybridized carbons (Fsp3) is 1.00. The lowest BCUT2D eigenvalue weighted by Gasteiger charge is -2.48. The molecule has 0 radical (unpaired) electrons. The van der Waals surface area contributed by atoms with Crippen LogP contribution in [-0.4, -0.2) is 50.1 Å². The molecule has 0 aromatic carbocycles. The van der Waals surface area contributed by atoms with Crippen LogP contribution in [0, 0.1) is 16.7 Å². The molecule has 130 valence electrons. The van der Waals surface area contributed by atoms with Crippen molar-refractivity contribution in [2.75, 3.05) is 40.3 Å². The molecule has 0 N–H and O–H groups in total. The molecule has 2 aliphatic rings. The first-order valence-electron chi connectivity index (χ1n) is 9.82. The van der Waals surface area contributed by atoms with Gasteiger partial charge in [-0.1, -0.05) is 33.6 Å². The number of likely N-dealkylation sites (tertiary alicyclic amines) is 1. The van der Waals surface area contributed by atoms with Gasteiger partial charge in [0.25, 0.3) is 0 Å². The van der Waals surface area contributed by atoms with Gasteiger partial charge in [0.15, 0.2) is 0 Å². The molecule has 1 heterocycles. The minimum Gasteiger partial charge on any atom is -0.309 e. The molecule has 1 spiro atoms. The minimum absolute atomic E-state index is 0.665. The van der Waals surface area contributed by atoms with E-state index in [0.29, 0.717) is 10.8 Å². The Hall–Kier alpha value is -0.0800. The molecule has 1 aliphatic carbocycles. The lowest BCUT2D eigenvalue weighted by atomic mass is 9.57. The molecule has 1 atom stereocenters. The summed E-state index contributed by atoms with van der Waals surface area (Å²) < 4.78 is 0. The van der Waals surface area contributed by atoms with Crippen molar-refractivity contribution in [3.63, 3.8) is 0 Å². The summed E-state index contributed by atoms with van der Waals surface area (Å²) in [4.78, 5) is 5.07. The fourth-order valence-corrected chi connectivity index (χ4v) is 5.14. The summed E-state index contributed by atoms with van der Waals surface area (Å²) in [5.74, 6) is 0.910. The van der Waals surface area contributed by atoms with E-state index in [2.05, 4.69) is 44.7 Å². The standard InChI is InChI=1S/C20H40N2/c1-6-18(3)20(7-2)11-9-19(10-12-20)13-16-22(17-19)15-8-14-21(4)5/h18H,6-17H2,1-5H3. The van der Waals surface area contributed by atoms with Crippen molar-refractivity contribution < 1.29 is 0 Å². The van der Waals surface area contributed by atoms with Crippen LogP contribution in [0.15, 0.2) is 0 Å². The summed E-state index contributed by atoms with van der Waals surface area (Å²) >= 11 is 0. The Morgan fingerprint density at radius 1 is 1.05 bits per heavy atom. The quantitative estimate of drug-likeness (QED) is 0.675. The van der Waals surface area contributed by atoms with Gasteiger partial charge in [0.05, 0.1) is 0 Å². The zero-order valence-corrected chi connectivity index (χ0v) is 16.0. The highest BCUT2D eigenvalue weighted by Gasteiger charge is 2.46. The second-order valence-electron chi connectivity index (χ2n) is 8.71. The summed E-state index contributed by atoms with van der Waals surface area (Å²) in [5, 5.41) is 0. The first kappa shape index (κ1) is 18.3. The van der Waals surface area contributed by atoms with Gasteiger partial charge in [-0.3, -0.25) is 0 Å². The monoisotopic (exact) mass is 308 g/mol. The second kappa shape index (κ2) is 7.66. The van der Waals surface area contributed by atoms with Crippen molar-refractivity contribution in [2.45, 2.75) is 72.1 Å². The predicted octanol–water partition coefficient (Wildman–Crippen LogP) is 4.65. The fourth-order valence-electron chi connectivity index (χ4n) is 5.14. The summed E-state index contributed by atoms with van der Waals surface area (Å²) in [6, 6.07) is 0. The summed E-state index contributed by atoms with van der Waals surface area (Å²) in [7, 11) is 4.37. The Labute approximate surface area is 139 Å².